The van der Waals surface area contributed by atoms with Crippen LogP contribution in [0.25, 0.3) is 0 Å². The maximum atomic E-state index is 5.01. The summed E-state index contributed by atoms with van der Waals surface area (Å²) in [5.74, 6) is 1.66. The number of nitrogens with zero attached hydrogens (tertiary/aromatic N) is 2. The number of hydrogen-bond donors (Lipinski definition) is 2. The lowest BCUT2D eigenvalue weighted by molar-refractivity contribution is 0.203. The first-order chi connectivity index (χ1) is 8.83. The molecule has 0 bridgehead atoms. The molecule has 0 radical (unpaired) electrons. The molecule has 18 heavy (non-hydrogen) atoms. The van der Waals surface area contributed by atoms with Crippen molar-refractivity contribution >= 4 is 5.96 Å². The molecule has 1 heterocycles. The predicted molar refractivity (Wildman–Crippen MR) is 73.9 cm³/mol. The summed E-state index contributed by atoms with van der Waals surface area (Å²) in [5.41, 5.74) is 0. The van der Waals surface area contributed by atoms with Gasteiger partial charge in [0.25, 0.3) is 0 Å². The van der Waals surface area contributed by atoms with Crippen LogP contribution in [0, 0.1) is 5.92 Å². The first-order valence-corrected chi connectivity index (χ1v) is 7.01. The van der Waals surface area contributed by atoms with E-state index < -0.39 is 0 Å². The Labute approximate surface area is 110 Å². The molecule has 1 aliphatic carbocycles. The highest BCUT2D eigenvalue weighted by Crippen LogP contribution is 2.31. The molecular weight excluding hydrogens is 228 g/mol. The minimum absolute atomic E-state index is 0.708. The minimum atomic E-state index is 0.708. The SMILES string of the molecule is CN=C(NCCOC)NCC1CCN(C2CC2)C1. The molecule has 0 amide bonds. The number of methoxy groups -OCH3 is 1. The molecule has 1 saturated carbocycles. The van der Waals surface area contributed by atoms with Gasteiger partial charge in [0, 0.05) is 39.8 Å². The summed E-state index contributed by atoms with van der Waals surface area (Å²) in [7, 11) is 3.52. The van der Waals surface area contributed by atoms with Crippen molar-refractivity contribution in [3.05, 3.63) is 0 Å². The lowest BCUT2D eigenvalue weighted by Crippen LogP contribution is -2.41. The normalized spacial score (nSPS) is 25.4. The van der Waals surface area contributed by atoms with Gasteiger partial charge in [0.1, 0.15) is 0 Å². The third-order valence-corrected chi connectivity index (χ3v) is 3.76. The van der Waals surface area contributed by atoms with Crippen molar-refractivity contribution in [2.45, 2.75) is 25.3 Å². The largest absolute Gasteiger partial charge is 0.383 e. The van der Waals surface area contributed by atoms with Crippen LogP contribution in [0.2, 0.25) is 0 Å². The molecule has 104 valence electrons. The van der Waals surface area contributed by atoms with Gasteiger partial charge in [-0.2, -0.15) is 0 Å². The van der Waals surface area contributed by atoms with Crippen molar-refractivity contribution in [2.24, 2.45) is 10.9 Å². The molecule has 0 aromatic carbocycles. The van der Waals surface area contributed by atoms with Gasteiger partial charge < -0.3 is 20.3 Å². The molecule has 1 atom stereocenters. The van der Waals surface area contributed by atoms with Crippen molar-refractivity contribution in [1.82, 2.24) is 15.5 Å². The topological polar surface area (TPSA) is 48.9 Å². The van der Waals surface area contributed by atoms with Crippen molar-refractivity contribution in [1.29, 1.82) is 0 Å². The Morgan fingerprint density at radius 3 is 2.83 bits per heavy atom. The van der Waals surface area contributed by atoms with Crippen molar-refractivity contribution in [3.63, 3.8) is 0 Å². The maximum Gasteiger partial charge on any atom is 0.191 e. The van der Waals surface area contributed by atoms with Gasteiger partial charge in [-0.25, -0.2) is 0 Å². The summed E-state index contributed by atoms with van der Waals surface area (Å²) < 4.78 is 5.01. The van der Waals surface area contributed by atoms with E-state index >= 15 is 0 Å². The van der Waals surface area contributed by atoms with Gasteiger partial charge in [0.05, 0.1) is 6.61 Å². The zero-order valence-corrected chi connectivity index (χ0v) is 11.6. The minimum Gasteiger partial charge on any atom is -0.383 e. The Kier molecular flexibility index (Phi) is 5.26. The highest BCUT2D eigenvalue weighted by molar-refractivity contribution is 5.79. The number of rotatable bonds is 6. The Bertz CT molecular complexity index is 278. The number of hydrogen-bond acceptors (Lipinski definition) is 3. The molecular formula is C13H26N4O. The van der Waals surface area contributed by atoms with Gasteiger partial charge >= 0.3 is 0 Å². The third-order valence-electron chi connectivity index (χ3n) is 3.76. The highest BCUT2D eigenvalue weighted by Gasteiger charge is 2.34. The highest BCUT2D eigenvalue weighted by atomic mass is 16.5. The number of guanidine groups is 1. The molecule has 2 fully saturated rings. The fourth-order valence-corrected chi connectivity index (χ4v) is 2.53. The molecule has 5 heteroatoms. The lowest BCUT2D eigenvalue weighted by Gasteiger charge is -2.16. The summed E-state index contributed by atoms with van der Waals surface area (Å²) in [5, 5.41) is 6.65. The van der Waals surface area contributed by atoms with Gasteiger partial charge in [0.2, 0.25) is 0 Å². The quantitative estimate of drug-likeness (QED) is 0.406. The van der Waals surface area contributed by atoms with Crippen LogP contribution in [-0.4, -0.2) is 63.8 Å². The first-order valence-electron chi connectivity index (χ1n) is 7.01. The van der Waals surface area contributed by atoms with Gasteiger partial charge in [-0.1, -0.05) is 0 Å². The van der Waals surface area contributed by atoms with E-state index in [0.29, 0.717) is 6.61 Å². The van der Waals surface area contributed by atoms with E-state index in [0.717, 1.165) is 31.0 Å². The van der Waals surface area contributed by atoms with Crippen LogP contribution in [0.4, 0.5) is 0 Å². The number of nitrogens with one attached hydrogen (secondary N) is 2. The Hall–Kier alpha value is -0.810. The van der Waals surface area contributed by atoms with Crippen LogP contribution < -0.4 is 10.6 Å². The first kappa shape index (κ1) is 13.6. The van der Waals surface area contributed by atoms with Crippen molar-refractivity contribution < 1.29 is 4.74 Å². The molecule has 1 aliphatic heterocycles. The second-order valence-corrected chi connectivity index (χ2v) is 5.25. The van der Waals surface area contributed by atoms with Crippen LogP contribution in [0.3, 0.4) is 0 Å². The predicted octanol–water partition coefficient (Wildman–Crippen LogP) is 0.282. The average molecular weight is 254 g/mol. The van der Waals surface area contributed by atoms with Crippen LogP contribution >= 0.6 is 0 Å². The number of aliphatic imine (C=N–C) groups is 1. The van der Waals surface area contributed by atoms with Crippen LogP contribution in [0.1, 0.15) is 19.3 Å². The van der Waals surface area contributed by atoms with E-state index in [1.807, 2.05) is 7.05 Å². The van der Waals surface area contributed by atoms with E-state index in [1.54, 1.807) is 7.11 Å². The molecule has 0 aromatic heterocycles. The third kappa shape index (κ3) is 4.14. The summed E-state index contributed by atoms with van der Waals surface area (Å²) in [6.45, 7) is 5.07. The second kappa shape index (κ2) is 6.95. The monoisotopic (exact) mass is 254 g/mol. The summed E-state index contributed by atoms with van der Waals surface area (Å²) in [4.78, 5) is 6.86. The molecule has 0 aromatic rings. The van der Waals surface area contributed by atoms with Crippen molar-refractivity contribution in [3.8, 4) is 0 Å². The number of likely N-dealkylation sites (tertiary alicyclic amines) is 1. The van der Waals surface area contributed by atoms with Crippen LogP contribution in [0.15, 0.2) is 4.99 Å². The van der Waals surface area contributed by atoms with E-state index in [4.69, 9.17) is 4.74 Å². The van der Waals surface area contributed by atoms with Crippen LogP contribution in [-0.2, 0) is 4.74 Å². The Morgan fingerprint density at radius 1 is 1.33 bits per heavy atom. The standard InChI is InChI=1S/C13H26N4O/c1-14-13(15-6-8-18-2)16-9-11-5-7-17(10-11)12-3-4-12/h11-12H,3-10H2,1-2H3,(H2,14,15,16). The molecule has 1 unspecified atom stereocenters. The number of ether oxygens (including phenoxy) is 1. The zero-order chi connectivity index (χ0) is 12.8. The van der Waals surface area contributed by atoms with Gasteiger partial charge in [-0.3, -0.25) is 4.99 Å². The van der Waals surface area contributed by atoms with E-state index in [-0.39, 0.29) is 0 Å². The molecule has 0 spiro atoms. The van der Waals surface area contributed by atoms with E-state index in [2.05, 4.69) is 20.5 Å². The van der Waals surface area contributed by atoms with Crippen LogP contribution in [0.5, 0.6) is 0 Å². The molecule has 1 saturated heterocycles. The van der Waals surface area contributed by atoms with E-state index in [1.165, 1.54) is 32.4 Å². The maximum absolute atomic E-state index is 5.01. The smallest absolute Gasteiger partial charge is 0.191 e. The Balaban J connectivity index is 1.61. The van der Waals surface area contributed by atoms with E-state index in [9.17, 15) is 0 Å². The Morgan fingerprint density at radius 2 is 2.17 bits per heavy atom. The molecule has 2 rings (SSSR count). The molecule has 5 nitrogen and oxygen atoms in total. The molecule has 2 aliphatic rings. The average Bonchev–Trinajstić information content (AvgIpc) is 3.13. The van der Waals surface area contributed by atoms with Gasteiger partial charge in [-0.15, -0.1) is 0 Å². The van der Waals surface area contributed by atoms with Crippen molar-refractivity contribution in [2.75, 3.05) is 46.9 Å². The summed E-state index contributed by atoms with van der Waals surface area (Å²) >= 11 is 0. The fraction of sp³-hybridized carbons (Fsp3) is 0.923. The zero-order valence-electron chi connectivity index (χ0n) is 11.6. The lowest BCUT2D eigenvalue weighted by atomic mass is 10.1. The van der Waals surface area contributed by atoms with Gasteiger partial charge in [-0.05, 0) is 31.7 Å². The second-order valence-electron chi connectivity index (χ2n) is 5.25. The molecule has 2 N–H and O–H groups in total. The summed E-state index contributed by atoms with van der Waals surface area (Å²) in [6, 6.07) is 0.911. The van der Waals surface area contributed by atoms with Gasteiger partial charge in [0.15, 0.2) is 5.96 Å². The summed E-state index contributed by atoms with van der Waals surface area (Å²) in [6.07, 6.45) is 4.15. The fourth-order valence-electron chi connectivity index (χ4n) is 2.53.